The SMILES string of the molecule is Cn1c(C(NC(=O)/C=C/c2ccc(OCc3cccnc3)cc2)c2ccccc2)nc2ccccc21. The minimum absolute atomic E-state index is 0.201. The lowest BCUT2D eigenvalue weighted by atomic mass is 10.1. The van der Waals surface area contributed by atoms with Gasteiger partial charge in [-0.3, -0.25) is 9.78 Å². The number of ether oxygens (including phenoxy) is 1. The second-order valence-corrected chi connectivity index (χ2v) is 8.42. The smallest absolute Gasteiger partial charge is 0.244 e. The molecule has 6 nitrogen and oxygen atoms in total. The highest BCUT2D eigenvalue weighted by Crippen LogP contribution is 2.25. The summed E-state index contributed by atoms with van der Waals surface area (Å²) in [6, 6.07) is 28.9. The first kappa shape index (κ1) is 23.1. The molecule has 1 amide bonds. The summed E-state index contributed by atoms with van der Waals surface area (Å²) in [5, 5.41) is 3.13. The number of aryl methyl sites for hydroxylation is 1. The molecule has 0 spiro atoms. The average molecular weight is 475 g/mol. The van der Waals surface area contributed by atoms with Crippen molar-refractivity contribution in [2.75, 3.05) is 0 Å². The number of hydrogen-bond acceptors (Lipinski definition) is 4. The van der Waals surface area contributed by atoms with Crippen LogP contribution in [0.3, 0.4) is 0 Å². The van der Waals surface area contributed by atoms with Crippen molar-refractivity contribution in [3.8, 4) is 5.75 Å². The highest BCUT2D eigenvalue weighted by Gasteiger charge is 2.21. The lowest BCUT2D eigenvalue weighted by molar-refractivity contribution is -0.117. The van der Waals surface area contributed by atoms with Gasteiger partial charge in [-0.25, -0.2) is 4.98 Å². The van der Waals surface area contributed by atoms with Crippen LogP contribution in [-0.4, -0.2) is 20.4 Å². The minimum Gasteiger partial charge on any atom is -0.489 e. The summed E-state index contributed by atoms with van der Waals surface area (Å²) in [5.74, 6) is 1.33. The first-order valence-corrected chi connectivity index (χ1v) is 11.7. The van der Waals surface area contributed by atoms with E-state index in [0.29, 0.717) is 6.61 Å². The van der Waals surface area contributed by atoms with Gasteiger partial charge in [0.05, 0.1) is 11.0 Å². The predicted octanol–water partition coefficient (Wildman–Crippen LogP) is 5.47. The van der Waals surface area contributed by atoms with Crippen LogP contribution in [0.1, 0.15) is 28.6 Å². The summed E-state index contributed by atoms with van der Waals surface area (Å²) in [7, 11) is 1.97. The summed E-state index contributed by atoms with van der Waals surface area (Å²) < 4.78 is 7.84. The fourth-order valence-electron chi connectivity index (χ4n) is 4.05. The van der Waals surface area contributed by atoms with Gasteiger partial charge in [-0.15, -0.1) is 0 Å². The Bertz CT molecular complexity index is 1480. The number of rotatable bonds is 8. The third kappa shape index (κ3) is 5.33. The maximum Gasteiger partial charge on any atom is 0.244 e. The van der Waals surface area contributed by atoms with Crippen molar-refractivity contribution >= 4 is 23.0 Å². The molecule has 2 heterocycles. The molecule has 1 N–H and O–H groups in total. The lowest BCUT2D eigenvalue weighted by Gasteiger charge is -2.18. The number of imidazole rings is 1. The van der Waals surface area contributed by atoms with Crippen LogP contribution in [0.5, 0.6) is 5.75 Å². The lowest BCUT2D eigenvalue weighted by Crippen LogP contribution is -2.29. The number of pyridine rings is 1. The molecule has 5 rings (SSSR count). The summed E-state index contributed by atoms with van der Waals surface area (Å²) in [4.78, 5) is 21.9. The fraction of sp³-hybridized carbons (Fsp3) is 0.100. The van der Waals surface area contributed by atoms with E-state index in [2.05, 4.69) is 10.3 Å². The van der Waals surface area contributed by atoms with E-state index in [0.717, 1.165) is 39.3 Å². The molecule has 3 aromatic carbocycles. The number of benzene rings is 3. The second-order valence-electron chi connectivity index (χ2n) is 8.42. The highest BCUT2D eigenvalue weighted by atomic mass is 16.5. The molecular formula is C30H26N4O2. The van der Waals surface area contributed by atoms with Crippen molar-refractivity contribution in [3.63, 3.8) is 0 Å². The van der Waals surface area contributed by atoms with Gasteiger partial charge in [-0.05, 0) is 47.5 Å². The number of fused-ring (bicyclic) bond motifs is 1. The van der Waals surface area contributed by atoms with Gasteiger partial charge < -0.3 is 14.6 Å². The number of nitrogens with one attached hydrogen (secondary N) is 1. The van der Waals surface area contributed by atoms with Gasteiger partial charge in [0.25, 0.3) is 0 Å². The van der Waals surface area contributed by atoms with Crippen molar-refractivity contribution in [2.45, 2.75) is 12.6 Å². The third-order valence-electron chi connectivity index (χ3n) is 5.93. The minimum atomic E-state index is -0.385. The number of hydrogen-bond donors (Lipinski definition) is 1. The predicted molar refractivity (Wildman–Crippen MR) is 141 cm³/mol. The topological polar surface area (TPSA) is 69.0 Å². The first-order chi connectivity index (χ1) is 17.7. The van der Waals surface area contributed by atoms with E-state index < -0.39 is 0 Å². The summed E-state index contributed by atoms with van der Waals surface area (Å²) >= 11 is 0. The summed E-state index contributed by atoms with van der Waals surface area (Å²) in [5.41, 5.74) is 4.79. The van der Waals surface area contributed by atoms with E-state index in [1.165, 1.54) is 0 Å². The second kappa shape index (κ2) is 10.7. The molecule has 5 aromatic rings. The Balaban J connectivity index is 1.29. The molecule has 0 aliphatic rings. The van der Waals surface area contributed by atoms with Crippen molar-refractivity contribution < 1.29 is 9.53 Å². The molecule has 178 valence electrons. The van der Waals surface area contributed by atoms with Gasteiger partial charge in [-0.1, -0.05) is 60.7 Å². The van der Waals surface area contributed by atoms with Gasteiger partial charge in [0.1, 0.15) is 24.2 Å². The van der Waals surface area contributed by atoms with Gasteiger partial charge in [0, 0.05) is 31.1 Å². The molecule has 1 unspecified atom stereocenters. The van der Waals surface area contributed by atoms with E-state index in [1.54, 1.807) is 24.5 Å². The van der Waals surface area contributed by atoms with E-state index in [4.69, 9.17) is 9.72 Å². The molecule has 1 atom stereocenters. The first-order valence-electron chi connectivity index (χ1n) is 11.7. The highest BCUT2D eigenvalue weighted by molar-refractivity contribution is 5.92. The number of carbonyl (C=O) groups is 1. The van der Waals surface area contributed by atoms with Crippen LogP contribution in [0.4, 0.5) is 0 Å². The van der Waals surface area contributed by atoms with Crippen molar-refractivity contribution in [2.24, 2.45) is 7.05 Å². The van der Waals surface area contributed by atoms with E-state index in [1.807, 2.05) is 103 Å². The maximum absolute atomic E-state index is 13.0. The Morgan fingerprint density at radius 3 is 2.50 bits per heavy atom. The Labute approximate surface area is 209 Å². The summed E-state index contributed by atoms with van der Waals surface area (Å²) in [6.45, 7) is 0.453. The van der Waals surface area contributed by atoms with E-state index in [9.17, 15) is 4.79 Å². The molecule has 36 heavy (non-hydrogen) atoms. The molecule has 0 fully saturated rings. The van der Waals surface area contributed by atoms with Gasteiger partial charge in [0.15, 0.2) is 0 Å². The Kier molecular flexibility index (Phi) is 6.85. The zero-order valence-corrected chi connectivity index (χ0v) is 19.9. The molecule has 6 heteroatoms. The number of carbonyl (C=O) groups excluding carboxylic acids is 1. The number of para-hydroxylation sites is 2. The molecule has 0 saturated heterocycles. The zero-order chi connectivity index (χ0) is 24.7. The average Bonchev–Trinajstić information content (AvgIpc) is 3.27. The number of amides is 1. The van der Waals surface area contributed by atoms with Crippen LogP contribution in [0.2, 0.25) is 0 Å². The molecule has 0 radical (unpaired) electrons. The number of aromatic nitrogens is 3. The van der Waals surface area contributed by atoms with Gasteiger partial charge in [-0.2, -0.15) is 0 Å². The fourth-order valence-corrected chi connectivity index (χ4v) is 4.05. The normalized spacial score (nSPS) is 12.0. The van der Waals surface area contributed by atoms with Crippen LogP contribution in [0.25, 0.3) is 17.1 Å². The van der Waals surface area contributed by atoms with Crippen LogP contribution < -0.4 is 10.1 Å². The summed E-state index contributed by atoms with van der Waals surface area (Å²) in [6.07, 6.45) is 6.86. The molecule has 2 aromatic heterocycles. The van der Waals surface area contributed by atoms with Crippen LogP contribution >= 0.6 is 0 Å². The zero-order valence-electron chi connectivity index (χ0n) is 19.9. The number of nitrogens with zero attached hydrogens (tertiary/aromatic N) is 3. The molecule has 0 saturated carbocycles. The molecular weight excluding hydrogens is 448 g/mol. The maximum atomic E-state index is 13.0. The van der Waals surface area contributed by atoms with Crippen LogP contribution in [0, 0.1) is 0 Å². The van der Waals surface area contributed by atoms with Crippen LogP contribution in [-0.2, 0) is 18.4 Å². The van der Waals surface area contributed by atoms with Crippen LogP contribution in [0.15, 0.2) is 109 Å². The standard InChI is InChI=1S/C30H26N4O2/c1-34-27-12-6-5-11-26(27)32-30(34)29(24-9-3-2-4-10-24)33-28(35)18-15-22-13-16-25(17-14-22)36-21-23-8-7-19-31-20-23/h2-20,29H,21H2,1H3,(H,33,35)/b18-15+. The van der Waals surface area contributed by atoms with Crippen molar-refractivity contribution in [3.05, 3.63) is 132 Å². The quantitative estimate of drug-likeness (QED) is 0.303. The Morgan fingerprint density at radius 2 is 1.75 bits per heavy atom. The largest absolute Gasteiger partial charge is 0.489 e. The molecule has 0 aliphatic carbocycles. The molecule has 0 bridgehead atoms. The van der Waals surface area contributed by atoms with E-state index >= 15 is 0 Å². The monoisotopic (exact) mass is 474 g/mol. The van der Waals surface area contributed by atoms with E-state index in [-0.39, 0.29) is 11.9 Å². The Hall–Kier alpha value is -4.71. The third-order valence-corrected chi connectivity index (χ3v) is 5.93. The van der Waals surface area contributed by atoms with Gasteiger partial charge >= 0.3 is 0 Å². The Morgan fingerprint density at radius 1 is 0.972 bits per heavy atom. The van der Waals surface area contributed by atoms with Crippen molar-refractivity contribution in [1.29, 1.82) is 0 Å². The molecule has 0 aliphatic heterocycles. The van der Waals surface area contributed by atoms with Crippen molar-refractivity contribution in [1.82, 2.24) is 19.9 Å². The van der Waals surface area contributed by atoms with Gasteiger partial charge in [0.2, 0.25) is 5.91 Å².